The van der Waals surface area contributed by atoms with Gasteiger partial charge in [0.15, 0.2) is 0 Å². The van der Waals surface area contributed by atoms with Crippen molar-refractivity contribution in [2.24, 2.45) is 0 Å². The standard InChI is InChI=1S/C12H20N2O/c1-9(2)10-6-7-11(13(3)4)12(8-10)14(5)15/h6-9,15H,1-5H3. The minimum atomic E-state index is 0.472. The van der Waals surface area contributed by atoms with E-state index < -0.39 is 0 Å². The molecule has 0 aliphatic heterocycles. The smallest absolute Gasteiger partial charge is 0.0866 e. The summed E-state index contributed by atoms with van der Waals surface area (Å²) in [6, 6.07) is 6.17. The highest BCUT2D eigenvalue weighted by Gasteiger charge is 2.10. The monoisotopic (exact) mass is 208 g/mol. The Morgan fingerprint density at radius 1 is 1.07 bits per heavy atom. The maximum Gasteiger partial charge on any atom is 0.0866 e. The van der Waals surface area contributed by atoms with Crippen molar-refractivity contribution in [3.8, 4) is 0 Å². The fourth-order valence-corrected chi connectivity index (χ4v) is 1.54. The van der Waals surface area contributed by atoms with Crippen molar-refractivity contribution in [2.75, 3.05) is 31.1 Å². The molecule has 3 nitrogen and oxygen atoms in total. The van der Waals surface area contributed by atoms with E-state index in [2.05, 4.69) is 19.9 Å². The summed E-state index contributed by atoms with van der Waals surface area (Å²) in [5.41, 5.74) is 3.09. The Morgan fingerprint density at radius 2 is 1.67 bits per heavy atom. The second kappa shape index (κ2) is 4.53. The fourth-order valence-electron chi connectivity index (χ4n) is 1.54. The van der Waals surface area contributed by atoms with E-state index >= 15 is 0 Å². The first-order valence-electron chi connectivity index (χ1n) is 5.17. The van der Waals surface area contributed by atoms with Gasteiger partial charge in [0, 0.05) is 21.1 Å². The van der Waals surface area contributed by atoms with Gasteiger partial charge in [0.25, 0.3) is 0 Å². The number of hydroxylamine groups is 1. The molecule has 0 saturated carbocycles. The quantitative estimate of drug-likeness (QED) is 0.774. The number of rotatable bonds is 3. The summed E-state index contributed by atoms with van der Waals surface area (Å²) in [7, 11) is 5.58. The van der Waals surface area contributed by atoms with Crippen LogP contribution in [0.3, 0.4) is 0 Å². The molecule has 3 heteroatoms. The lowest BCUT2D eigenvalue weighted by Crippen LogP contribution is -2.17. The molecule has 0 aromatic heterocycles. The van der Waals surface area contributed by atoms with Gasteiger partial charge in [0.2, 0.25) is 0 Å². The van der Waals surface area contributed by atoms with E-state index in [0.29, 0.717) is 5.92 Å². The van der Waals surface area contributed by atoms with E-state index in [4.69, 9.17) is 0 Å². The molecule has 0 aliphatic rings. The van der Waals surface area contributed by atoms with Crippen LogP contribution in [0.15, 0.2) is 18.2 Å². The largest absolute Gasteiger partial charge is 0.376 e. The fraction of sp³-hybridized carbons (Fsp3) is 0.500. The maximum absolute atomic E-state index is 9.57. The summed E-state index contributed by atoms with van der Waals surface area (Å²) in [4.78, 5) is 1.99. The number of nitrogens with zero attached hydrogens (tertiary/aromatic N) is 2. The summed E-state index contributed by atoms with van der Waals surface area (Å²) >= 11 is 0. The zero-order valence-electron chi connectivity index (χ0n) is 10.2. The van der Waals surface area contributed by atoms with Crippen molar-refractivity contribution < 1.29 is 5.21 Å². The zero-order valence-corrected chi connectivity index (χ0v) is 10.2. The van der Waals surface area contributed by atoms with Crippen molar-refractivity contribution in [3.05, 3.63) is 23.8 Å². The predicted molar refractivity (Wildman–Crippen MR) is 65.0 cm³/mol. The molecule has 0 heterocycles. The topological polar surface area (TPSA) is 26.7 Å². The van der Waals surface area contributed by atoms with Gasteiger partial charge in [-0.25, -0.2) is 0 Å². The third-order valence-electron chi connectivity index (χ3n) is 2.50. The van der Waals surface area contributed by atoms with Crippen molar-refractivity contribution >= 4 is 11.4 Å². The van der Waals surface area contributed by atoms with Crippen molar-refractivity contribution in [1.82, 2.24) is 0 Å². The number of hydrogen-bond donors (Lipinski definition) is 1. The van der Waals surface area contributed by atoms with Gasteiger partial charge in [-0.05, 0) is 23.6 Å². The van der Waals surface area contributed by atoms with E-state index in [1.165, 1.54) is 10.6 Å². The molecule has 0 aliphatic carbocycles. The second-order valence-electron chi connectivity index (χ2n) is 4.32. The second-order valence-corrected chi connectivity index (χ2v) is 4.32. The first-order valence-corrected chi connectivity index (χ1v) is 5.17. The van der Waals surface area contributed by atoms with Crippen LogP contribution in [-0.2, 0) is 0 Å². The summed E-state index contributed by atoms with van der Waals surface area (Å²) in [5.74, 6) is 0.472. The molecule has 1 N–H and O–H groups in total. The van der Waals surface area contributed by atoms with Gasteiger partial charge in [-0.2, -0.15) is 0 Å². The lowest BCUT2D eigenvalue weighted by atomic mass is 10.0. The Balaban J connectivity index is 3.21. The maximum atomic E-state index is 9.57. The van der Waals surface area contributed by atoms with Crippen molar-refractivity contribution in [2.45, 2.75) is 19.8 Å². The molecule has 0 amide bonds. The Morgan fingerprint density at radius 3 is 2.07 bits per heavy atom. The van der Waals surface area contributed by atoms with Crippen LogP contribution in [0.1, 0.15) is 25.3 Å². The molecule has 0 fully saturated rings. The predicted octanol–water partition coefficient (Wildman–Crippen LogP) is 2.70. The van der Waals surface area contributed by atoms with Gasteiger partial charge in [-0.3, -0.25) is 10.3 Å². The summed E-state index contributed by atoms with van der Waals surface area (Å²) in [6.07, 6.45) is 0. The third kappa shape index (κ3) is 2.63. The highest BCUT2D eigenvalue weighted by Crippen LogP contribution is 2.30. The number of anilines is 2. The molecule has 0 bridgehead atoms. The zero-order chi connectivity index (χ0) is 11.6. The van der Waals surface area contributed by atoms with E-state index in [1.54, 1.807) is 7.05 Å². The molecule has 0 unspecified atom stereocenters. The average molecular weight is 208 g/mol. The van der Waals surface area contributed by atoms with Gasteiger partial charge >= 0.3 is 0 Å². The van der Waals surface area contributed by atoms with Crippen LogP contribution in [0.4, 0.5) is 11.4 Å². The summed E-state index contributed by atoms with van der Waals surface area (Å²) < 4.78 is 0. The summed E-state index contributed by atoms with van der Waals surface area (Å²) in [5, 5.41) is 10.7. The first kappa shape index (κ1) is 11.9. The van der Waals surface area contributed by atoms with Crippen LogP contribution in [0, 0.1) is 0 Å². The van der Waals surface area contributed by atoms with Gasteiger partial charge < -0.3 is 4.90 Å². The average Bonchev–Trinajstić information content (AvgIpc) is 2.16. The lowest BCUT2D eigenvalue weighted by Gasteiger charge is -2.22. The SMILES string of the molecule is CC(C)c1ccc(N(C)C)c(N(C)O)c1. The molecule has 1 rings (SSSR count). The Bertz CT molecular complexity index is 332. The lowest BCUT2D eigenvalue weighted by molar-refractivity contribution is 0.279. The Hall–Kier alpha value is -1.22. The van der Waals surface area contributed by atoms with Gasteiger partial charge in [0.1, 0.15) is 0 Å². The molecule has 84 valence electrons. The van der Waals surface area contributed by atoms with Crippen LogP contribution in [0.5, 0.6) is 0 Å². The Labute approximate surface area is 91.9 Å². The third-order valence-corrected chi connectivity index (χ3v) is 2.50. The Kier molecular flexibility index (Phi) is 3.58. The molecule has 1 aromatic carbocycles. The minimum Gasteiger partial charge on any atom is -0.376 e. The van der Waals surface area contributed by atoms with Crippen LogP contribution >= 0.6 is 0 Å². The number of hydrogen-bond acceptors (Lipinski definition) is 3. The van der Waals surface area contributed by atoms with Crippen LogP contribution in [0.2, 0.25) is 0 Å². The molecule has 1 aromatic rings. The van der Waals surface area contributed by atoms with E-state index in [9.17, 15) is 5.21 Å². The van der Waals surface area contributed by atoms with Crippen LogP contribution in [0.25, 0.3) is 0 Å². The highest BCUT2D eigenvalue weighted by atomic mass is 16.5. The molecule has 0 atom stereocenters. The molecule has 0 saturated heterocycles. The van der Waals surface area contributed by atoms with Gasteiger partial charge in [-0.1, -0.05) is 19.9 Å². The van der Waals surface area contributed by atoms with E-state index in [0.717, 1.165) is 11.4 Å². The number of benzene rings is 1. The van der Waals surface area contributed by atoms with E-state index in [1.807, 2.05) is 31.1 Å². The highest BCUT2D eigenvalue weighted by molar-refractivity contribution is 5.70. The van der Waals surface area contributed by atoms with Crippen LogP contribution in [-0.4, -0.2) is 26.4 Å². The van der Waals surface area contributed by atoms with Gasteiger partial charge in [0.05, 0.1) is 11.4 Å². The first-order chi connectivity index (χ1) is 6.93. The molecule has 15 heavy (non-hydrogen) atoms. The molecule has 0 radical (unpaired) electrons. The minimum absolute atomic E-state index is 0.472. The normalized spacial score (nSPS) is 10.6. The molecular formula is C12H20N2O. The van der Waals surface area contributed by atoms with Crippen molar-refractivity contribution in [1.29, 1.82) is 0 Å². The van der Waals surface area contributed by atoms with Gasteiger partial charge in [-0.15, -0.1) is 0 Å². The molecule has 0 spiro atoms. The molecular weight excluding hydrogens is 188 g/mol. The van der Waals surface area contributed by atoms with Crippen molar-refractivity contribution in [3.63, 3.8) is 0 Å². The van der Waals surface area contributed by atoms with E-state index in [-0.39, 0.29) is 0 Å². The summed E-state index contributed by atoms with van der Waals surface area (Å²) in [6.45, 7) is 4.29. The van der Waals surface area contributed by atoms with Crippen LogP contribution < -0.4 is 9.96 Å².